The van der Waals surface area contributed by atoms with Crippen molar-refractivity contribution in [1.82, 2.24) is 0 Å². The molecule has 0 fully saturated rings. The molecule has 1 unspecified atom stereocenters. The molecule has 1 rings (SSSR count). The van der Waals surface area contributed by atoms with Crippen LogP contribution in [-0.4, -0.2) is 30.0 Å². The molecular weight excluding hydrogens is 309 g/mol. The fraction of sp³-hybridized carbons (Fsp3) is 0.400. The Morgan fingerprint density at radius 2 is 2.20 bits per heavy atom. The van der Waals surface area contributed by atoms with E-state index in [2.05, 4.69) is 0 Å². The maximum absolute atomic E-state index is 9.60. The van der Waals surface area contributed by atoms with E-state index in [0.717, 1.165) is 5.56 Å². The first-order valence-electron chi connectivity index (χ1n) is 4.50. The number of ether oxygens (including phenoxy) is 1. The fourth-order valence-electron chi connectivity index (χ4n) is 1.27. The number of hydrogen-bond acceptors (Lipinski definition) is 4. The molecule has 4 N–H and O–H groups in total. The third-order valence-corrected chi connectivity index (χ3v) is 2.86. The molecule has 0 radical (unpaired) electrons. The third-order valence-electron chi connectivity index (χ3n) is 2.04. The third kappa shape index (κ3) is 3.22. The highest BCUT2D eigenvalue weighted by molar-refractivity contribution is 14.1. The van der Waals surface area contributed by atoms with Gasteiger partial charge in [-0.3, -0.25) is 0 Å². The van der Waals surface area contributed by atoms with Gasteiger partial charge in [0.25, 0.3) is 0 Å². The Hall–Kier alpha value is -0.530. The smallest absolute Gasteiger partial charge is 0.171 e. The zero-order valence-electron chi connectivity index (χ0n) is 8.40. The first-order valence-corrected chi connectivity index (χ1v) is 5.58. The molecular formula is C10H14INO3. The zero-order chi connectivity index (χ0) is 11.4. The Morgan fingerprint density at radius 3 is 2.73 bits per heavy atom. The second-order valence-corrected chi connectivity index (χ2v) is 4.44. The van der Waals surface area contributed by atoms with Crippen LogP contribution in [0.1, 0.15) is 5.56 Å². The first-order chi connectivity index (χ1) is 7.08. The highest BCUT2D eigenvalue weighted by atomic mass is 127. The van der Waals surface area contributed by atoms with E-state index in [1.807, 2.05) is 28.7 Å². The van der Waals surface area contributed by atoms with Gasteiger partial charge >= 0.3 is 0 Å². The Balaban J connectivity index is 2.95. The Morgan fingerprint density at radius 1 is 1.53 bits per heavy atom. The molecule has 0 saturated carbocycles. The summed E-state index contributed by atoms with van der Waals surface area (Å²) in [5, 5.41) is 18.4. The average Bonchev–Trinajstić information content (AvgIpc) is 2.22. The van der Waals surface area contributed by atoms with Crippen LogP contribution in [-0.2, 0) is 6.42 Å². The summed E-state index contributed by atoms with van der Waals surface area (Å²) in [6.07, 6.45) is 0.559. The minimum Gasteiger partial charge on any atom is -0.504 e. The van der Waals surface area contributed by atoms with Crippen LogP contribution < -0.4 is 10.5 Å². The minimum atomic E-state index is -0.282. The molecule has 1 atom stereocenters. The van der Waals surface area contributed by atoms with Crippen molar-refractivity contribution >= 4 is 22.6 Å². The topological polar surface area (TPSA) is 75.7 Å². The van der Waals surface area contributed by atoms with Crippen LogP contribution in [0.4, 0.5) is 0 Å². The van der Waals surface area contributed by atoms with Crippen molar-refractivity contribution < 1.29 is 14.9 Å². The number of aromatic hydroxyl groups is 1. The summed E-state index contributed by atoms with van der Waals surface area (Å²) < 4.78 is 5.74. The van der Waals surface area contributed by atoms with Gasteiger partial charge in [-0.05, 0) is 46.7 Å². The van der Waals surface area contributed by atoms with Crippen LogP contribution in [0.25, 0.3) is 0 Å². The molecule has 0 spiro atoms. The lowest BCUT2D eigenvalue weighted by Gasteiger charge is -2.11. The van der Waals surface area contributed by atoms with Gasteiger partial charge in [0.15, 0.2) is 11.5 Å². The van der Waals surface area contributed by atoms with E-state index in [4.69, 9.17) is 15.6 Å². The minimum absolute atomic E-state index is 0.0558. The normalized spacial score (nSPS) is 12.5. The van der Waals surface area contributed by atoms with Gasteiger partial charge in [0, 0.05) is 6.04 Å². The molecule has 0 aliphatic heterocycles. The summed E-state index contributed by atoms with van der Waals surface area (Å²) in [6, 6.07) is 3.27. The van der Waals surface area contributed by atoms with Crippen molar-refractivity contribution in [2.24, 2.45) is 5.73 Å². The number of hydrogen-bond donors (Lipinski definition) is 3. The molecule has 5 heteroatoms. The van der Waals surface area contributed by atoms with Crippen molar-refractivity contribution in [3.8, 4) is 11.5 Å². The van der Waals surface area contributed by atoms with E-state index in [1.165, 1.54) is 7.11 Å². The summed E-state index contributed by atoms with van der Waals surface area (Å²) in [6.45, 7) is -0.0558. The molecule has 0 aliphatic carbocycles. The average molecular weight is 323 g/mol. The molecule has 1 aromatic rings. The molecule has 0 aromatic heterocycles. The Kier molecular flexibility index (Phi) is 4.62. The van der Waals surface area contributed by atoms with Gasteiger partial charge in [-0.1, -0.05) is 0 Å². The van der Waals surface area contributed by atoms with E-state index in [-0.39, 0.29) is 18.4 Å². The van der Waals surface area contributed by atoms with Crippen molar-refractivity contribution in [1.29, 1.82) is 0 Å². The Bertz CT molecular complexity index is 344. The summed E-state index contributed by atoms with van der Waals surface area (Å²) in [4.78, 5) is 0. The van der Waals surface area contributed by atoms with Crippen LogP contribution in [0, 0.1) is 3.57 Å². The number of rotatable bonds is 4. The molecule has 0 bridgehead atoms. The lowest BCUT2D eigenvalue weighted by Crippen LogP contribution is -2.26. The number of nitrogens with two attached hydrogens (primary N) is 1. The van der Waals surface area contributed by atoms with Gasteiger partial charge in [-0.15, -0.1) is 0 Å². The largest absolute Gasteiger partial charge is 0.504 e. The quantitative estimate of drug-likeness (QED) is 0.719. The van der Waals surface area contributed by atoms with Gasteiger partial charge in [0.05, 0.1) is 17.3 Å². The van der Waals surface area contributed by atoms with E-state index < -0.39 is 0 Å². The van der Waals surface area contributed by atoms with Gasteiger partial charge in [-0.2, -0.15) is 0 Å². The number of aliphatic hydroxyl groups excluding tert-OH is 1. The van der Waals surface area contributed by atoms with Crippen LogP contribution in [0.2, 0.25) is 0 Å². The van der Waals surface area contributed by atoms with Crippen LogP contribution >= 0.6 is 22.6 Å². The monoisotopic (exact) mass is 323 g/mol. The summed E-state index contributed by atoms with van der Waals surface area (Å²) in [5.74, 6) is 0.571. The molecule has 0 saturated heterocycles. The van der Waals surface area contributed by atoms with E-state index in [9.17, 15) is 5.11 Å². The highest BCUT2D eigenvalue weighted by Crippen LogP contribution is 2.32. The number of halogens is 1. The van der Waals surface area contributed by atoms with Crippen molar-refractivity contribution in [2.75, 3.05) is 13.7 Å². The molecule has 0 aliphatic rings. The molecule has 84 valence electrons. The number of phenols is 1. The summed E-state index contributed by atoms with van der Waals surface area (Å²) in [5.41, 5.74) is 6.57. The summed E-state index contributed by atoms with van der Waals surface area (Å²) >= 11 is 2.02. The molecule has 0 amide bonds. The molecule has 1 aromatic carbocycles. The lowest BCUT2D eigenvalue weighted by molar-refractivity contribution is 0.265. The predicted molar refractivity (Wildman–Crippen MR) is 66.1 cm³/mol. The lowest BCUT2D eigenvalue weighted by atomic mass is 10.1. The van der Waals surface area contributed by atoms with Gasteiger partial charge < -0.3 is 20.7 Å². The second kappa shape index (κ2) is 5.53. The predicted octanol–water partition coefficient (Wildman–Crippen LogP) is 0.867. The molecule has 15 heavy (non-hydrogen) atoms. The van der Waals surface area contributed by atoms with Crippen LogP contribution in [0.5, 0.6) is 11.5 Å². The van der Waals surface area contributed by atoms with E-state index in [0.29, 0.717) is 15.7 Å². The highest BCUT2D eigenvalue weighted by Gasteiger charge is 2.10. The number of methoxy groups -OCH3 is 1. The molecule has 4 nitrogen and oxygen atoms in total. The standard InChI is InChI=1S/C10H14INO3/c1-15-9-4-6(2-7(12)5-13)3-8(11)10(9)14/h3-4,7,13-14H,2,5,12H2,1H3. The Labute approximate surface area is 102 Å². The molecule has 0 heterocycles. The van der Waals surface area contributed by atoms with Gasteiger partial charge in [-0.25, -0.2) is 0 Å². The number of aliphatic hydroxyl groups is 1. The maximum atomic E-state index is 9.60. The second-order valence-electron chi connectivity index (χ2n) is 3.28. The number of phenolic OH excluding ortho intramolecular Hbond substituents is 1. The zero-order valence-corrected chi connectivity index (χ0v) is 10.6. The number of benzene rings is 1. The maximum Gasteiger partial charge on any atom is 0.171 e. The van der Waals surface area contributed by atoms with Crippen molar-refractivity contribution in [2.45, 2.75) is 12.5 Å². The van der Waals surface area contributed by atoms with Gasteiger partial charge in [0.2, 0.25) is 0 Å². The SMILES string of the molecule is COc1cc(CC(N)CO)cc(I)c1O. The van der Waals surface area contributed by atoms with Crippen LogP contribution in [0.3, 0.4) is 0 Å². The van der Waals surface area contributed by atoms with E-state index in [1.54, 1.807) is 6.07 Å². The summed E-state index contributed by atoms with van der Waals surface area (Å²) in [7, 11) is 1.50. The van der Waals surface area contributed by atoms with Crippen molar-refractivity contribution in [3.05, 3.63) is 21.3 Å². The van der Waals surface area contributed by atoms with E-state index >= 15 is 0 Å². The fourth-order valence-corrected chi connectivity index (χ4v) is 1.93. The van der Waals surface area contributed by atoms with Crippen LogP contribution in [0.15, 0.2) is 12.1 Å². The first kappa shape index (κ1) is 12.5. The van der Waals surface area contributed by atoms with Gasteiger partial charge in [0.1, 0.15) is 0 Å². The van der Waals surface area contributed by atoms with Crippen molar-refractivity contribution in [3.63, 3.8) is 0 Å².